The van der Waals surface area contributed by atoms with Crippen molar-refractivity contribution in [2.75, 3.05) is 10.6 Å². The maximum Gasteiger partial charge on any atom is 0.274 e. The van der Waals surface area contributed by atoms with Crippen molar-refractivity contribution in [3.05, 3.63) is 141 Å². The molecule has 0 aliphatic rings. The first-order valence-electron chi connectivity index (χ1n) is 16.6. The minimum Gasteiger partial charge on any atom is -0.388 e. The molecule has 2 aromatic carbocycles. The van der Waals surface area contributed by atoms with Crippen molar-refractivity contribution < 1.29 is 37.1 Å². The molecule has 3 radical (unpaired) electrons. The molecule has 1 unspecified atom stereocenters. The summed E-state index contributed by atoms with van der Waals surface area (Å²) in [6.07, 6.45) is 5.61. The van der Waals surface area contributed by atoms with Crippen LogP contribution in [0.25, 0.3) is 0 Å². The Morgan fingerprint density at radius 2 is 1.18 bits per heavy atom. The second kappa shape index (κ2) is 20.0. The second-order valence-corrected chi connectivity index (χ2v) is 14.6. The number of anilines is 2. The Bertz CT molecular complexity index is 2240. The first-order chi connectivity index (χ1) is 25.7. The molecule has 0 aliphatic heterocycles. The molecule has 0 saturated heterocycles. The van der Waals surface area contributed by atoms with E-state index in [-0.39, 0.29) is 52.2 Å². The summed E-state index contributed by atoms with van der Waals surface area (Å²) in [6, 6.07) is 10.2. The van der Waals surface area contributed by atoms with Crippen LogP contribution in [0.4, 0.5) is 27.8 Å². The maximum absolute atomic E-state index is 13.5. The van der Waals surface area contributed by atoms with Gasteiger partial charge in [-0.15, -0.1) is 22.7 Å². The molecule has 1 atom stereocenters. The van der Waals surface area contributed by atoms with Gasteiger partial charge in [-0.05, 0) is 59.0 Å². The number of hydrogen-bond acceptors (Lipinski definition) is 8. The molecule has 2 amide bonds. The van der Waals surface area contributed by atoms with Crippen LogP contribution in [0.5, 0.6) is 0 Å². The van der Waals surface area contributed by atoms with E-state index in [2.05, 4.69) is 20.6 Å². The number of ketones is 1. The molecule has 293 valence electrons. The Morgan fingerprint density at radius 1 is 0.714 bits per heavy atom. The fourth-order valence-electron chi connectivity index (χ4n) is 5.26. The Balaban J connectivity index is 0.000000290. The Morgan fingerprint density at radius 3 is 1.59 bits per heavy atom. The number of carbonyl (C=O) groups is 3. The van der Waals surface area contributed by atoms with E-state index in [1.165, 1.54) is 40.9 Å². The summed E-state index contributed by atoms with van der Waals surface area (Å²) < 4.78 is 56.5. The number of thiazole rings is 2. The van der Waals surface area contributed by atoms with Crippen LogP contribution >= 0.6 is 22.7 Å². The molecule has 17 heteroatoms. The molecule has 6 aromatic rings. The van der Waals surface area contributed by atoms with E-state index >= 15 is 0 Å². The number of aromatic nitrogens is 4. The second-order valence-electron chi connectivity index (χ2n) is 12.8. The third kappa shape index (κ3) is 11.3. The highest BCUT2D eigenvalue weighted by molar-refractivity contribution is 7.14. The number of benzene rings is 2. The Kier molecular flexibility index (Phi) is 16.1. The van der Waals surface area contributed by atoms with Crippen LogP contribution in [0, 0.1) is 35.1 Å². The number of amides is 2. The molecule has 0 aliphatic carbocycles. The predicted octanol–water partition coefficient (Wildman–Crippen LogP) is 8.83. The quantitative estimate of drug-likeness (QED) is 0.0644. The summed E-state index contributed by atoms with van der Waals surface area (Å²) in [5.74, 6) is -5.00. The van der Waals surface area contributed by atoms with Crippen molar-refractivity contribution in [1.82, 2.24) is 19.1 Å². The minimum absolute atomic E-state index is 0. The molecular formula is C39H40BF4N6O4S2. The number of halogens is 4. The lowest BCUT2D eigenvalue weighted by Gasteiger charge is -2.12. The van der Waals surface area contributed by atoms with Crippen molar-refractivity contribution >= 4 is 58.9 Å². The smallest absolute Gasteiger partial charge is 0.274 e. The zero-order valence-electron chi connectivity index (χ0n) is 30.1. The number of rotatable bonds is 12. The SMILES string of the molecule is C.CC(C)C(=O)c1cc(C(=O)Nc2nccs2)n(Cc2ccc(F)c(F)c2)c1.CC(C)C(O)c1cc(C(=O)Nc2nccs2)n(Cc2ccc(F)c(F)c2)c1.[B]. The van der Waals surface area contributed by atoms with E-state index in [9.17, 15) is 37.1 Å². The Hall–Kier alpha value is -5.39. The van der Waals surface area contributed by atoms with E-state index in [1.54, 1.807) is 64.6 Å². The molecule has 4 aromatic heterocycles. The molecule has 3 N–H and O–H groups in total. The lowest BCUT2D eigenvalue weighted by Crippen LogP contribution is -2.17. The molecule has 0 fully saturated rings. The van der Waals surface area contributed by atoms with E-state index in [4.69, 9.17) is 0 Å². The highest BCUT2D eigenvalue weighted by Gasteiger charge is 2.22. The van der Waals surface area contributed by atoms with Crippen LogP contribution < -0.4 is 10.6 Å². The number of nitrogens with one attached hydrogen (secondary N) is 2. The molecule has 10 nitrogen and oxygen atoms in total. The zero-order chi connectivity index (χ0) is 39.1. The molecule has 0 saturated carbocycles. The van der Waals surface area contributed by atoms with Crippen molar-refractivity contribution in [3.8, 4) is 0 Å². The third-order valence-electron chi connectivity index (χ3n) is 8.04. The summed E-state index contributed by atoms with van der Waals surface area (Å²) in [5, 5.41) is 20.1. The van der Waals surface area contributed by atoms with Gasteiger partial charge in [0.2, 0.25) is 0 Å². The van der Waals surface area contributed by atoms with Crippen LogP contribution in [0.1, 0.15) is 89.3 Å². The van der Waals surface area contributed by atoms with Gasteiger partial charge in [-0.3, -0.25) is 25.0 Å². The van der Waals surface area contributed by atoms with E-state index in [0.717, 1.165) is 24.3 Å². The molecule has 0 spiro atoms. The summed E-state index contributed by atoms with van der Waals surface area (Å²) in [5.41, 5.74) is 2.46. The average Bonchev–Trinajstić information content (AvgIpc) is 3.96. The van der Waals surface area contributed by atoms with E-state index in [0.29, 0.717) is 38.2 Å². The van der Waals surface area contributed by atoms with Crippen LogP contribution in [-0.2, 0) is 13.1 Å². The van der Waals surface area contributed by atoms with Gasteiger partial charge >= 0.3 is 0 Å². The van der Waals surface area contributed by atoms with Gasteiger partial charge in [0.25, 0.3) is 11.8 Å². The van der Waals surface area contributed by atoms with Crippen LogP contribution in [0.3, 0.4) is 0 Å². The average molecular weight is 808 g/mol. The van der Waals surface area contributed by atoms with Crippen LogP contribution in [0.15, 0.2) is 84.1 Å². The standard InChI is InChI=1S/C19H19F2N3O2S.C19H17F2N3O2S.CH4.B/c2*1-11(2)17(25)13-8-16(18(26)23-19-22-5-6-27-19)24(10-13)9-12-3-4-14(20)15(21)7-12;;/h3-8,10-11,17,25H,9H2,1-2H3,(H,22,23,26);3-8,10-11H,9H2,1-2H3,(H,22,23,26);1H4;. The molecule has 0 bridgehead atoms. The monoisotopic (exact) mass is 807 g/mol. The number of carbonyl (C=O) groups excluding carboxylic acids is 3. The van der Waals surface area contributed by atoms with Crippen molar-refractivity contribution in [3.63, 3.8) is 0 Å². The third-order valence-corrected chi connectivity index (χ3v) is 9.42. The van der Waals surface area contributed by atoms with Crippen molar-refractivity contribution in [2.24, 2.45) is 11.8 Å². The van der Waals surface area contributed by atoms with Gasteiger partial charge in [0.1, 0.15) is 11.4 Å². The van der Waals surface area contributed by atoms with Crippen molar-refractivity contribution in [2.45, 2.75) is 54.3 Å². The summed E-state index contributed by atoms with van der Waals surface area (Å²) in [7, 11) is 0. The Labute approximate surface area is 331 Å². The largest absolute Gasteiger partial charge is 0.388 e. The first kappa shape index (κ1) is 45.0. The molecule has 4 heterocycles. The highest BCUT2D eigenvalue weighted by atomic mass is 32.1. The lowest BCUT2D eigenvalue weighted by atomic mass is 10.0. The molecular weight excluding hydrogens is 767 g/mol. The number of hydrogen-bond donors (Lipinski definition) is 3. The van der Waals surface area contributed by atoms with Gasteiger partial charge in [-0.2, -0.15) is 0 Å². The van der Waals surface area contributed by atoms with Gasteiger partial charge in [0.05, 0.1) is 6.10 Å². The number of aliphatic hydroxyl groups excluding tert-OH is 1. The summed E-state index contributed by atoms with van der Waals surface area (Å²) in [6.45, 7) is 7.54. The lowest BCUT2D eigenvalue weighted by molar-refractivity contribution is 0.0938. The molecule has 56 heavy (non-hydrogen) atoms. The fourth-order valence-corrected chi connectivity index (χ4v) is 6.31. The van der Waals surface area contributed by atoms with Crippen LogP contribution in [-0.4, -0.2) is 50.2 Å². The molecule has 6 rings (SSSR count). The van der Waals surface area contributed by atoms with Gasteiger partial charge in [-0.25, -0.2) is 27.5 Å². The highest BCUT2D eigenvalue weighted by Crippen LogP contribution is 2.26. The topological polar surface area (TPSA) is 131 Å². The minimum atomic E-state index is -0.966. The van der Waals surface area contributed by atoms with E-state index in [1.807, 2.05) is 13.8 Å². The van der Waals surface area contributed by atoms with Gasteiger partial charge < -0.3 is 14.2 Å². The maximum atomic E-state index is 13.5. The summed E-state index contributed by atoms with van der Waals surface area (Å²) >= 11 is 2.55. The number of aliphatic hydroxyl groups is 1. The normalized spacial score (nSPS) is 11.3. The van der Waals surface area contributed by atoms with Crippen LogP contribution in [0.2, 0.25) is 0 Å². The predicted molar refractivity (Wildman–Crippen MR) is 211 cm³/mol. The van der Waals surface area contributed by atoms with Gasteiger partial charge in [0.15, 0.2) is 39.3 Å². The summed E-state index contributed by atoms with van der Waals surface area (Å²) in [4.78, 5) is 45.7. The van der Waals surface area contributed by atoms with Crippen molar-refractivity contribution in [1.29, 1.82) is 0 Å². The zero-order valence-corrected chi connectivity index (χ0v) is 31.7. The van der Waals surface area contributed by atoms with Gasteiger partial charge in [-0.1, -0.05) is 47.3 Å². The first-order valence-corrected chi connectivity index (χ1v) is 18.4. The van der Waals surface area contributed by atoms with E-state index < -0.39 is 41.2 Å². The fraction of sp³-hybridized carbons (Fsp3) is 0.256. The number of nitrogens with zero attached hydrogens (tertiary/aromatic N) is 4. The van der Waals surface area contributed by atoms with Gasteiger partial charge in [0, 0.05) is 68.5 Å². The number of Topliss-reactive ketones (excluding diaryl/α,β-unsaturated/α-hetero) is 1.